The lowest BCUT2D eigenvalue weighted by molar-refractivity contribution is -0.130. The summed E-state index contributed by atoms with van der Waals surface area (Å²) in [6.45, 7) is 8.67. The van der Waals surface area contributed by atoms with Gasteiger partial charge in [-0.1, -0.05) is 13.8 Å². The SMILES string of the molecule is COCCOCCN1C(=O)C(CC(C)C)NC1C. The normalized spacial score (nSPS) is 24.3. The molecule has 0 aromatic carbocycles. The molecule has 0 aromatic heterocycles. The Balaban J connectivity index is 2.30. The van der Waals surface area contributed by atoms with E-state index in [0.717, 1.165) is 6.42 Å². The van der Waals surface area contributed by atoms with Crippen LogP contribution < -0.4 is 5.32 Å². The van der Waals surface area contributed by atoms with Crippen LogP contribution in [0.4, 0.5) is 0 Å². The number of ether oxygens (including phenoxy) is 2. The molecular weight excluding hydrogens is 232 g/mol. The smallest absolute Gasteiger partial charge is 0.241 e. The Labute approximate surface area is 110 Å². The molecule has 2 atom stereocenters. The standard InChI is InChI=1S/C13H26N2O3/c1-10(2)9-12-13(16)15(11(3)14-12)5-6-18-8-7-17-4/h10-12,14H,5-9H2,1-4H3. The number of amides is 1. The summed E-state index contributed by atoms with van der Waals surface area (Å²) in [6, 6.07) is -0.0287. The monoisotopic (exact) mass is 258 g/mol. The zero-order valence-electron chi connectivity index (χ0n) is 11.9. The molecule has 0 spiro atoms. The van der Waals surface area contributed by atoms with Gasteiger partial charge in [0.25, 0.3) is 0 Å². The summed E-state index contributed by atoms with van der Waals surface area (Å²) >= 11 is 0. The van der Waals surface area contributed by atoms with Crippen LogP contribution in [-0.4, -0.2) is 56.5 Å². The molecule has 1 saturated heterocycles. The van der Waals surface area contributed by atoms with Crippen molar-refractivity contribution in [2.24, 2.45) is 5.92 Å². The first-order valence-electron chi connectivity index (χ1n) is 6.69. The lowest BCUT2D eigenvalue weighted by Crippen LogP contribution is -2.37. The Bertz CT molecular complexity index is 259. The molecule has 18 heavy (non-hydrogen) atoms. The van der Waals surface area contributed by atoms with Gasteiger partial charge in [-0.25, -0.2) is 0 Å². The predicted molar refractivity (Wildman–Crippen MR) is 70.2 cm³/mol. The van der Waals surface area contributed by atoms with Crippen LogP contribution in [0.2, 0.25) is 0 Å². The van der Waals surface area contributed by atoms with Crippen molar-refractivity contribution in [2.75, 3.05) is 33.5 Å². The molecule has 1 fully saturated rings. The number of methoxy groups -OCH3 is 1. The van der Waals surface area contributed by atoms with Crippen LogP contribution in [0.5, 0.6) is 0 Å². The summed E-state index contributed by atoms with van der Waals surface area (Å²) in [7, 11) is 1.65. The molecule has 1 N–H and O–H groups in total. The second-order valence-corrected chi connectivity index (χ2v) is 5.16. The summed E-state index contributed by atoms with van der Waals surface area (Å²) in [4.78, 5) is 14.0. The van der Waals surface area contributed by atoms with Crippen LogP contribution >= 0.6 is 0 Å². The lowest BCUT2D eigenvalue weighted by Gasteiger charge is -2.20. The molecule has 1 rings (SSSR count). The average Bonchev–Trinajstić information content (AvgIpc) is 2.55. The fourth-order valence-corrected chi connectivity index (χ4v) is 2.19. The third kappa shape index (κ3) is 4.55. The summed E-state index contributed by atoms with van der Waals surface area (Å²) in [5.74, 6) is 0.725. The molecule has 0 bridgehead atoms. The van der Waals surface area contributed by atoms with Crippen LogP contribution in [0.3, 0.4) is 0 Å². The Hall–Kier alpha value is -0.650. The van der Waals surface area contributed by atoms with Crippen molar-refractivity contribution in [1.29, 1.82) is 0 Å². The van der Waals surface area contributed by atoms with Crippen LogP contribution in [0, 0.1) is 5.92 Å². The van der Waals surface area contributed by atoms with Crippen LogP contribution in [0.15, 0.2) is 0 Å². The summed E-state index contributed by atoms with van der Waals surface area (Å²) < 4.78 is 10.3. The van der Waals surface area contributed by atoms with Crippen molar-refractivity contribution in [2.45, 2.75) is 39.4 Å². The number of nitrogens with one attached hydrogen (secondary N) is 1. The maximum Gasteiger partial charge on any atom is 0.241 e. The number of hydrogen-bond donors (Lipinski definition) is 1. The van der Waals surface area contributed by atoms with Crippen molar-refractivity contribution < 1.29 is 14.3 Å². The van der Waals surface area contributed by atoms with E-state index in [9.17, 15) is 4.79 Å². The molecular formula is C13H26N2O3. The minimum atomic E-state index is -0.0287. The minimum absolute atomic E-state index is 0.0287. The number of carbonyl (C=O) groups excluding carboxylic acids is 1. The van der Waals surface area contributed by atoms with Gasteiger partial charge >= 0.3 is 0 Å². The lowest BCUT2D eigenvalue weighted by atomic mass is 10.0. The molecule has 5 heteroatoms. The third-order valence-corrected chi connectivity index (χ3v) is 3.11. The maximum atomic E-state index is 12.2. The average molecular weight is 258 g/mol. The van der Waals surface area contributed by atoms with Gasteiger partial charge in [-0.15, -0.1) is 0 Å². The zero-order valence-corrected chi connectivity index (χ0v) is 11.9. The van der Waals surface area contributed by atoms with Gasteiger partial charge in [-0.3, -0.25) is 10.1 Å². The number of hydrogen-bond acceptors (Lipinski definition) is 4. The third-order valence-electron chi connectivity index (χ3n) is 3.11. The highest BCUT2D eigenvalue weighted by Crippen LogP contribution is 2.16. The molecule has 1 heterocycles. The van der Waals surface area contributed by atoms with E-state index in [1.165, 1.54) is 0 Å². The van der Waals surface area contributed by atoms with Crippen molar-refractivity contribution in [3.05, 3.63) is 0 Å². The van der Waals surface area contributed by atoms with Crippen LogP contribution in [-0.2, 0) is 14.3 Å². The summed E-state index contributed by atoms with van der Waals surface area (Å²) in [5.41, 5.74) is 0. The molecule has 1 amide bonds. The van der Waals surface area contributed by atoms with E-state index in [0.29, 0.717) is 32.3 Å². The maximum absolute atomic E-state index is 12.2. The van der Waals surface area contributed by atoms with Crippen molar-refractivity contribution in [1.82, 2.24) is 10.2 Å². The minimum Gasteiger partial charge on any atom is -0.382 e. The van der Waals surface area contributed by atoms with Gasteiger partial charge in [0.2, 0.25) is 5.91 Å². The Morgan fingerprint density at radius 1 is 1.33 bits per heavy atom. The van der Waals surface area contributed by atoms with Gasteiger partial charge < -0.3 is 14.4 Å². The largest absolute Gasteiger partial charge is 0.382 e. The van der Waals surface area contributed by atoms with Crippen LogP contribution in [0.25, 0.3) is 0 Å². The number of rotatable bonds is 8. The molecule has 0 aromatic rings. The fourth-order valence-electron chi connectivity index (χ4n) is 2.19. The molecule has 0 radical (unpaired) electrons. The van der Waals surface area contributed by atoms with Gasteiger partial charge in [0, 0.05) is 13.7 Å². The van der Waals surface area contributed by atoms with Crippen LogP contribution in [0.1, 0.15) is 27.2 Å². The second-order valence-electron chi connectivity index (χ2n) is 5.16. The highest BCUT2D eigenvalue weighted by Gasteiger charge is 2.35. The first kappa shape index (κ1) is 15.4. The van der Waals surface area contributed by atoms with Gasteiger partial charge in [-0.05, 0) is 19.3 Å². The molecule has 5 nitrogen and oxygen atoms in total. The fraction of sp³-hybridized carbons (Fsp3) is 0.923. The quantitative estimate of drug-likeness (QED) is 0.656. The molecule has 106 valence electrons. The van der Waals surface area contributed by atoms with E-state index in [2.05, 4.69) is 19.2 Å². The van der Waals surface area contributed by atoms with E-state index in [-0.39, 0.29) is 18.1 Å². The highest BCUT2D eigenvalue weighted by atomic mass is 16.5. The Kier molecular flexibility index (Phi) is 6.60. The topological polar surface area (TPSA) is 50.8 Å². The first-order valence-corrected chi connectivity index (χ1v) is 6.69. The summed E-state index contributed by atoms with van der Waals surface area (Å²) in [6.07, 6.45) is 0.997. The van der Waals surface area contributed by atoms with Gasteiger partial charge in [-0.2, -0.15) is 0 Å². The van der Waals surface area contributed by atoms with Crippen molar-refractivity contribution in [3.63, 3.8) is 0 Å². The highest BCUT2D eigenvalue weighted by molar-refractivity contribution is 5.84. The molecule has 1 aliphatic rings. The zero-order chi connectivity index (χ0) is 13.5. The predicted octanol–water partition coefficient (Wildman–Crippen LogP) is 0.842. The van der Waals surface area contributed by atoms with Gasteiger partial charge in [0.1, 0.15) is 0 Å². The molecule has 1 aliphatic heterocycles. The van der Waals surface area contributed by atoms with E-state index in [1.807, 2.05) is 11.8 Å². The van der Waals surface area contributed by atoms with E-state index >= 15 is 0 Å². The number of carbonyl (C=O) groups is 1. The molecule has 2 unspecified atom stereocenters. The van der Waals surface area contributed by atoms with E-state index < -0.39 is 0 Å². The Morgan fingerprint density at radius 3 is 2.67 bits per heavy atom. The summed E-state index contributed by atoms with van der Waals surface area (Å²) in [5, 5.41) is 3.33. The van der Waals surface area contributed by atoms with Gasteiger partial charge in [0.05, 0.1) is 32.0 Å². The second kappa shape index (κ2) is 7.71. The van der Waals surface area contributed by atoms with E-state index in [4.69, 9.17) is 9.47 Å². The molecule has 0 aliphatic carbocycles. The first-order chi connectivity index (χ1) is 8.56. The van der Waals surface area contributed by atoms with Crippen molar-refractivity contribution >= 4 is 5.91 Å². The van der Waals surface area contributed by atoms with Gasteiger partial charge in [0.15, 0.2) is 0 Å². The van der Waals surface area contributed by atoms with Crippen molar-refractivity contribution in [3.8, 4) is 0 Å². The Morgan fingerprint density at radius 2 is 2.06 bits per heavy atom. The van der Waals surface area contributed by atoms with E-state index in [1.54, 1.807) is 7.11 Å². The number of nitrogens with zero attached hydrogens (tertiary/aromatic N) is 1. The molecule has 0 saturated carbocycles.